The second kappa shape index (κ2) is 7.30. The zero-order valence-corrected chi connectivity index (χ0v) is 17.2. The van der Waals surface area contributed by atoms with Crippen molar-refractivity contribution in [3.63, 3.8) is 0 Å². The van der Waals surface area contributed by atoms with Gasteiger partial charge in [0, 0.05) is 43.6 Å². The SMILES string of the molecule is [2H]C1([2H])N(C(=O)OC(C)(C)C)C([2H])([2H])C([2H])([2H])C([2H])(c2cnc(B3OC(C)(C)C(C)(C)O3)cn2)C1([2H])[2H]. The topological polar surface area (TPSA) is 73.8 Å². The average Bonchev–Trinajstić information content (AvgIpc) is 2.91. The molecule has 0 bridgehead atoms. The van der Waals surface area contributed by atoms with E-state index in [1.807, 2.05) is 27.7 Å². The van der Waals surface area contributed by atoms with Crippen molar-refractivity contribution >= 4 is 18.8 Å². The molecular weight excluding hydrogens is 357 g/mol. The fourth-order valence-corrected chi connectivity index (χ4v) is 2.36. The highest BCUT2D eigenvalue weighted by molar-refractivity contribution is 6.61. The van der Waals surface area contributed by atoms with Gasteiger partial charge in [0.15, 0.2) is 0 Å². The number of likely N-dealkylation sites (tertiary alicyclic amines) is 1. The summed E-state index contributed by atoms with van der Waals surface area (Å²) in [4.78, 5) is 20.7. The lowest BCUT2D eigenvalue weighted by molar-refractivity contribution is 0.00578. The van der Waals surface area contributed by atoms with Gasteiger partial charge in [-0.05, 0) is 61.2 Å². The Morgan fingerprint density at radius 2 is 1.79 bits per heavy atom. The lowest BCUT2D eigenvalue weighted by Gasteiger charge is -2.33. The van der Waals surface area contributed by atoms with E-state index in [9.17, 15) is 4.79 Å². The Labute approximate surface area is 180 Å². The molecule has 1 aromatic heterocycles. The standard InChI is InChI=1S/C20H32BN3O4/c1-18(2,3)26-17(25)24-10-8-14(9-11-24)15-12-23-16(13-22-15)21-27-19(4,5)20(6,7)28-21/h12-14H,8-11H2,1-7H3/i8D2,9D2,10D2,11D2,14D. The van der Waals surface area contributed by atoms with Gasteiger partial charge in [0.25, 0.3) is 0 Å². The van der Waals surface area contributed by atoms with Crippen LogP contribution in [0.25, 0.3) is 0 Å². The predicted octanol–water partition coefficient (Wildman–Crippen LogP) is 2.89. The van der Waals surface area contributed by atoms with Crippen LogP contribution in [-0.4, -0.2) is 57.9 Å². The maximum atomic E-state index is 12.8. The molecule has 1 aromatic rings. The van der Waals surface area contributed by atoms with Crippen LogP contribution in [0, 0.1) is 0 Å². The fourth-order valence-electron chi connectivity index (χ4n) is 2.36. The van der Waals surface area contributed by atoms with Gasteiger partial charge in [-0.15, -0.1) is 0 Å². The van der Waals surface area contributed by atoms with Crippen molar-refractivity contribution in [3.05, 3.63) is 18.1 Å². The van der Waals surface area contributed by atoms with Crippen LogP contribution >= 0.6 is 0 Å². The molecule has 3 rings (SSSR count). The summed E-state index contributed by atoms with van der Waals surface area (Å²) in [5, 5.41) is 0. The molecule has 0 unspecified atom stereocenters. The lowest BCUT2D eigenvalue weighted by Crippen LogP contribution is -2.41. The molecule has 3 heterocycles. The van der Waals surface area contributed by atoms with Crippen LogP contribution in [0.3, 0.4) is 0 Å². The van der Waals surface area contributed by atoms with Crippen LogP contribution in [-0.2, 0) is 14.0 Å². The first-order valence-electron chi connectivity index (χ1n) is 13.5. The van der Waals surface area contributed by atoms with Crippen LogP contribution in [0.2, 0.25) is 0 Å². The van der Waals surface area contributed by atoms with Gasteiger partial charge in [0.1, 0.15) is 5.60 Å². The maximum Gasteiger partial charge on any atom is 0.516 e. The maximum absolute atomic E-state index is 12.8. The van der Waals surface area contributed by atoms with E-state index in [0.717, 1.165) is 12.4 Å². The highest BCUT2D eigenvalue weighted by Crippen LogP contribution is 2.36. The zero-order chi connectivity index (χ0) is 28.8. The number of hydrogen-bond donors (Lipinski definition) is 0. The van der Waals surface area contributed by atoms with E-state index < -0.39 is 67.3 Å². The minimum absolute atomic E-state index is 0.143. The van der Waals surface area contributed by atoms with Crippen molar-refractivity contribution in [1.29, 1.82) is 0 Å². The molecule has 0 N–H and O–H groups in total. The largest absolute Gasteiger partial charge is 0.516 e. The van der Waals surface area contributed by atoms with Crippen LogP contribution in [0.1, 0.15) is 85.1 Å². The Bertz CT molecular complexity index is 1030. The summed E-state index contributed by atoms with van der Waals surface area (Å²) < 4.78 is 93.7. The van der Waals surface area contributed by atoms with Gasteiger partial charge in [-0.3, -0.25) is 9.97 Å². The summed E-state index contributed by atoms with van der Waals surface area (Å²) in [6, 6.07) is 0. The smallest absolute Gasteiger partial charge is 0.444 e. The molecule has 2 saturated heterocycles. The molecule has 7 nitrogen and oxygen atoms in total. The third-order valence-electron chi connectivity index (χ3n) is 4.58. The monoisotopic (exact) mass is 398 g/mol. The highest BCUT2D eigenvalue weighted by Gasteiger charge is 2.52. The molecule has 0 spiro atoms. The summed E-state index contributed by atoms with van der Waals surface area (Å²) in [6.07, 6.45) is -6.72. The summed E-state index contributed by atoms with van der Waals surface area (Å²) >= 11 is 0. The minimum Gasteiger partial charge on any atom is -0.444 e. The minimum atomic E-state index is -3.54. The lowest BCUT2D eigenvalue weighted by atomic mass is 9.85. The Morgan fingerprint density at radius 1 is 1.21 bits per heavy atom. The predicted molar refractivity (Wildman–Crippen MR) is 108 cm³/mol. The number of piperidine rings is 1. The number of ether oxygens (including phenoxy) is 1. The molecular formula is C20H32BN3O4. The van der Waals surface area contributed by atoms with Gasteiger partial charge in [-0.1, -0.05) is 0 Å². The van der Waals surface area contributed by atoms with Gasteiger partial charge >= 0.3 is 13.2 Å². The normalized spacial score (nSPS) is 35.5. The molecule has 28 heavy (non-hydrogen) atoms. The van der Waals surface area contributed by atoms with E-state index in [4.69, 9.17) is 26.4 Å². The van der Waals surface area contributed by atoms with Crippen molar-refractivity contribution < 1.29 is 31.2 Å². The molecule has 8 heteroatoms. The summed E-state index contributed by atoms with van der Waals surface area (Å²) in [5.74, 6) is -3.30. The van der Waals surface area contributed by atoms with Crippen molar-refractivity contribution in [2.24, 2.45) is 0 Å². The summed E-state index contributed by atoms with van der Waals surface area (Å²) in [5.41, 5.74) is -3.16. The molecule has 2 aliphatic rings. The molecule has 2 aliphatic heterocycles. The average molecular weight is 398 g/mol. The van der Waals surface area contributed by atoms with E-state index in [-0.39, 0.29) is 10.5 Å². The van der Waals surface area contributed by atoms with Crippen LogP contribution in [0.4, 0.5) is 4.79 Å². The quantitative estimate of drug-likeness (QED) is 0.714. The summed E-state index contributed by atoms with van der Waals surface area (Å²) in [7, 11) is -0.964. The number of hydrogen-bond acceptors (Lipinski definition) is 6. The third-order valence-corrected chi connectivity index (χ3v) is 4.58. The number of rotatable bonds is 2. The molecule has 0 saturated carbocycles. The molecule has 0 atom stereocenters. The van der Waals surface area contributed by atoms with Gasteiger partial charge < -0.3 is 18.9 Å². The van der Waals surface area contributed by atoms with Crippen LogP contribution < -0.4 is 5.59 Å². The molecule has 2 fully saturated rings. The Morgan fingerprint density at radius 3 is 2.25 bits per heavy atom. The van der Waals surface area contributed by atoms with Crippen molar-refractivity contribution in [1.82, 2.24) is 14.9 Å². The molecule has 0 radical (unpaired) electrons. The number of amides is 1. The fraction of sp³-hybridized carbons (Fsp3) is 0.750. The Balaban J connectivity index is 2.11. The first kappa shape index (κ1) is 12.1. The van der Waals surface area contributed by atoms with Crippen LogP contribution in [0.5, 0.6) is 0 Å². The van der Waals surface area contributed by atoms with E-state index in [1.54, 1.807) is 0 Å². The molecule has 0 aromatic carbocycles. The van der Waals surface area contributed by atoms with Crippen LogP contribution in [0.15, 0.2) is 12.4 Å². The van der Waals surface area contributed by atoms with Crippen molar-refractivity contribution in [2.75, 3.05) is 13.0 Å². The second-order valence-electron chi connectivity index (χ2n) is 8.58. The van der Waals surface area contributed by atoms with Gasteiger partial charge in [-0.2, -0.15) is 0 Å². The first-order chi connectivity index (χ1) is 16.3. The van der Waals surface area contributed by atoms with Crippen molar-refractivity contribution in [2.45, 2.75) is 83.9 Å². The molecule has 154 valence electrons. The second-order valence-corrected chi connectivity index (χ2v) is 8.58. The third kappa shape index (κ3) is 4.49. The van der Waals surface area contributed by atoms with E-state index in [1.165, 1.54) is 20.8 Å². The molecule has 0 aliphatic carbocycles. The van der Waals surface area contributed by atoms with Gasteiger partial charge in [0.2, 0.25) is 0 Å². The molecule has 1 amide bonds. The first-order valence-corrected chi connectivity index (χ1v) is 8.99. The zero-order valence-electron chi connectivity index (χ0n) is 26.2. The highest BCUT2D eigenvalue weighted by atomic mass is 16.7. The van der Waals surface area contributed by atoms with Gasteiger partial charge in [-0.25, -0.2) is 4.79 Å². The number of carbonyl (C=O) groups excluding carboxylic acids is 1. The van der Waals surface area contributed by atoms with E-state index >= 15 is 0 Å². The summed E-state index contributed by atoms with van der Waals surface area (Å²) in [6.45, 7) is 4.51. The number of carbonyl (C=O) groups is 1. The van der Waals surface area contributed by atoms with E-state index in [0.29, 0.717) is 0 Å². The van der Waals surface area contributed by atoms with Crippen molar-refractivity contribution in [3.8, 4) is 0 Å². The van der Waals surface area contributed by atoms with Gasteiger partial charge in [0.05, 0.1) is 22.5 Å². The Hall–Kier alpha value is -1.67. The number of nitrogens with zero attached hydrogens (tertiary/aromatic N) is 3. The van der Waals surface area contributed by atoms with E-state index in [2.05, 4.69) is 9.97 Å². The Kier molecular flexibility index (Phi) is 3.16. The number of aromatic nitrogens is 2.